The fourth-order valence-corrected chi connectivity index (χ4v) is 2.65. The van der Waals surface area contributed by atoms with E-state index >= 15 is 0 Å². The van der Waals surface area contributed by atoms with Gasteiger partial charge in [0, 0.05) is 13.1 Å². The summed E-state index contributed by atoms with van der Waals surface area (Å²) in [7, 11) is 0. The van der Waals surface area contributed by atoms with E-state index in [-0.39, 0.29) is 25.2 Å². The van der Waals surface area contributed by atoms with E-state index in [1.54, 1.807) is 13.8 Å². The number of nitrogens with zero attached hydrogens (tertiary/aromatic N) is 1. The largest absolute Gasteiger partial charge is 0.465 e. The number of ether oxygens (including phenoxy) is 2. The molecule has 7 heteroatoms. The van der Waals surface area contributed by atoms with Crippen molar-refractivity contribution in [2.45, 2.75) is 58.7 Å². The van der Waals surface area contributed by atoms with Gasteiger partial charge < -0.3 is 19.9 Å². The smallest absolute Gasteiger partial charge is 0.325 e. The number of aliphatic hydroxyl groups is 1. The number of carbonyl (C=O) groups is 2. The molecule has 3 atom stereocenters. The number of likely N-dealkylation sites (tertiary alicyclic amines) is 1. The predicted octanol–water partition coefficient (Wildman–Crippen LogP) is 0.552. The van der Waals surface area contributed by atoms with E-state index in [9.17, 15) is 14.7 Å². The monoisotopic (exact) mass is 344 g/mol. The van der Waals surface area contributed by atoms with Gasteiger partial charge in [0.25, 0.3) is 0 Å². The third-order valence-electron chi connectivity index (χ3n) is 4.12. The van der Waals surface area contributed by atoms with Crippen LogP contribution in [0.15, 0.2) is 0 Å². The Balaban J connectivity index is 2.58. The fraction of sp³-hybridized carbons (Fsp3) is 0.882. The van der Waals surface area contributed by atoms with Gasteiger partial charge in [-0.1, -0.05) is 13.8 Å². The third-order valence-corrected chi connectivity index (χ3v) is 4.12. The number of nitrogens with one attached hydrogen (secondary N) is 1. The predicted molar refractivity (Wildman–Crippen MR) is 90.5 cm³/mol. The van der Waals surface area contributed by atoms with Gasteiger partial charge in [0.1, 0.15) is 12.1 Å². The summed E-state index contributed by atoms with van der Waals surface area (Å²) >= 11 is 0. The SMILES string of the molecule is CCOC(=O)[C@@H](NCCC(C)C)C(O)CN1CC[C@H]1C(=O)OCC. The molecule has 0 amide bonds. The summed E-state index contributed by atoms with van der Waals surface area (Å²) in [5.74, 6) is -0.223. The average Bonchev–Trinajstić information content (AvgIpc) is 2.48. The van der Waals surface area contributed by atoms with Crippen LogP contribution in [-0.4, -0.2) is 73.0 Å². The number of hydrogen-bond donors (Lipinski definition) is 2. The molecule has 2 N–H and O–H groups in total. The summed E-state index contributed by atoms with van der Waals surface area (Å²) in [5.41, 5.74) is 0. The molecule has 1 saturated heterocycles. The molecule has 1 heterocycles. The van der Waals surface area contributed by atoms with Crippen molar-refractivity contribution in [3.05, 3.63) is 0 Å². The lowest BCUT2D eigenvalue weighted by molar-refractivity contribution is -0.156. The standard InChI is InChI=1S/C17H32N2O5/c1-5-23-16(21)13-8-10-19(13)11-14(20)15(17(22)24-6-2)18-9-7-12(3)4/h12-15,18,20H,5-11H2,1-4H3/t13-,14?,15-/m0/s1. The molecule has 140 valence electrons. The van der Waals surface area contributed by atoms with Crippen molar-refractivity contribution in [3.63, 3.8) is 0 Å². The summed E-state index contributed by atoms with van der Waals surface area (Å²) < 4.78 is 10.1. The summed E-state index contributed by atoms with van der Waals surface area (Å²) in [6.45, 7) is 9.88. The Labute approximate surface area is 144 Å². The van der Waals surface area contributed by atoms with Gasteiger partial charge in [0.2, 0.25) is 0 Å². The number of esters is 2. The molecule has 0 aromatic carbocycles. The molecule has 1 rings (SSSR count). The fourth-order valence-electron chi connectivity index (χ4n) is 2.65. The maximum atomic E-state index is 12.1. The van der Waals surface area contributed by atoms with E-state index in [1.165, 1.54) is 0 Å². The molecule has 0 saturated carbocycles. The van der Waals surface area contributed by atoms with Crippen molar-refractivity contribution in [1.29, 1.82) is 0 Å². The molecule has 0 aliphatic carbocycles. The van der Waals surface area contributed by atoms with Crippen molar-refractivity contribution in [2.24, 2.45) is 5.92 Å². The lowest BCUT2D eigenvalue weighted by Crippen LogP contribution is -2.59. The first-order chi connectivity index (χ1) is 11.4. The zero-order valence-electron chi connectivity index (χ0n) is 15.3. The highest BCUT2D eigenvalue weighted by molar-refractivity contribution is 5.77. The Morgan fingerprint density at radius 3 is 2.42 bits per heavy atom. The Kier molecular flexibility index (Phi) is 9.25. The summed E-state index contributed by atoms with van der Waals surface area (Å²) in [6, 6.07) is -1.11. The van der Waals surface area contributed by atoms with Crippen LogP contribution in [0.5, 0.6) is 0 Å². The number of carbonyl (C=O) groups excluding carboxylic acids is 2. The van der Waals surface area contributed by atoms with Crippen molar-refractivity contribution in [1.82, 2.24) is 10.2 Å². The Morgan fingerprint density at radius 1 is 1.25 bits per heavy atom. The van der Waals surface area contributed by atoms with Crippen LogP contribution in [0.4, 0.5) is 0 Å². The first-order valence-corrected chi connectivity index (χ1v) is 8.89. The van der Waals surface area contributed by atoms with Gasteiger partial charge in [-0.25, -0.2) is 0 Å². The molecule has 7 nitrogen and oxygen atoms in total. The van der Waals surface area contributed by atoms with Crippen LogP contribution in [0.2, 0.25) is 0 Å². The van der Waals surface area contributed by atoms with E-state index in [4.69, 9.17) is 9.47 Å². The van der Waals surface area contributed by atoms with Crippen LogP contribution in [0, 0.1) is 5.92 Å². The van der Waals surface area contributed by atoms with Crippen LogP contribution in [0.1, 0.15) is 40.5 Å². The number of β-amino-alcohol motifs (C(OH)–C–C–N with tert-alkyl or cyclic N) is 1. The van der Waals surface area contributed by atoms with Crippen molar-refractivity contribution in [2.75, 3.05) is 32.8 Å². The zero-order chi connectivity index (χ0) is 18.1. The third kappa shape index (κ3) is 6.37. The normalized spacial score (nSPS) is 20.3. The Bertz CT molecular complexity index is 402. The Morgan fingerprint density at radius 2 is 1.92 bits per heavy atom. The molecule has 0 spiro atoms. The highest BCUT2D eigenvalue weighted by atomic mass is 16.5. The van der Waals surface area contributed by atoms with Crippen LogP contribution < -0.4 is 5.32 Å². The lowest BCUT2D eigenvalue weighted by Gasteiger charge is -2.40. The summed E-state index contributed by atoms with van der Waals surface area (Å²) in [6.07, 6.45) is 0.683. The van der Waals surface area contributed by atoms with E-state index in [0.717, 1.165) is 12.8 Å². The van der Waals surface area contributed by atoms with Gasteiger partial charge >= 0.3 is 11.9 Å². The molecular weight excluding hydrogens is 312 g/mol. The van der Waals surface area contributed by atoms with Gasteiger partial charge in [-0.05, 0) is 39.2 Å². The van der Waals surface area contributed by atoms with E-state index in [1.807, 2.05) is 4.90 Å². The highest BCUT2D eigenvalue weighted by Crippen LogP contribution is 2.19. The molecular formula is C17H32N2O5. The topological polar surface area (TPSA) is 88.1 Å². The minimum Gasteiger partial charge on any atom is -0.465 e. The molecule has 1 aliphatic rings. The number of rotatable bonds is 11. The second-order valence-corrected chi connectivity index (χ2v) is 6.49. The van der Waals surface area contributed by atoms with Crippen molar-refractivity contribution in [3.8, 4) is 0 Å². The molecule has 1 unspecified atom stereocenters. The minimum absolute atomic E-state index is 0.238. The van der Waals surface area contributed by atoms with Gasteiger partial charge in [-0.2, -0.15) is 0 Å². The minimum atomic E-state index is -0.937. The van der Waals surface area contributed by atoms with Crippen LogP contribution >= 0.6 is 0 Å². The number of hydrogen-bond acceptors (Lipinski definition) is 7. The lowest BCUT2D eigenvalue weighted by atomic mass is 10.0. The quantitative estimate of drug-likeness (QED) is 0.529. The maximum Gasteiger partial charge on any atom is 0.325 e. The van der Waals surface area contributed by atoms with Crippen molar-refractivity contribution >= 4 is 11.9 Å². The molecule has 24 heavy (non-hydrogen) atoms. The van der Waals surface area contributed by atoms with Crippen LogP contribution in [-0.2, 0) is 19.1 Å². The molecule has 0 aromatic rings. The van der Waals surface area contributed by atoms with Crippen LogP contribution in [0.25, 0.3) is 0 Å². The van der Waals surface area contributed by atoms with E-state index < -0.39 is 18.1 Å². The second kappa shape index (κ2) is 10.6. The van der Waals surface area contributed by atoms with E-state index in [0.29, 0.717) is 25.6 Å². The summed E-state index contributed by atoms with van der Waals surface area (Å²) in [4.78, 5) is 25.8. The molecule has 1 fully saturated rings. The molecule has 1 aliphatic heterocycles. The second-order valence-electron chi connectivity index (χ2n) is 6.49. The first kappa shape index (κ1) is 20.9. The maximum absolute atomic E-state index is 12.1. The molecule has 0 bridgehead atoms. The van der Waals surface area contributed by atoms with E-state index in [2.05, 4.69) is 19.2 Å². The van der Waals surface area contributed by atoms with Crippen LogP contribution in [0.3, 0.4) is 0 Å². The first-order valence-electron chi connectivity index (χ1n) is 8.89. The van der Waals surface area contributed by atoms with Gasteiger partial charge in [0.05, 0.1) is 19.3 Å². The zero-order valence-corrected chi connectivity index (χ0v) is 15.3. The summed E-state index contributed by atoms with van der Waals surface area (Å²) in [5, 5.41) is 13.6. The van der Waals surface area contributed by atoms with Gasteiger partial charge in [0.15, 0.2) is 0 Å². The van der Waals surface area contributed by atoms with Gasteiger partial charge in [-0.15, -0.1) is 0 Å². The number of aliphatic hydroxyl groups excluding tert-OH is 1. The Hall–Kier alpha value is -1.18. The van der Waals surface area contributed by atoms with Crippen molar-refractivity contribution < 1.29 is 24.2 Å². The highest BCUT2D eigenvalue weighted by Gasteiger charge is 2.38. The average molecular weight is 344 g/mol. The molecule has 0 aromatic heterocycles. The molecule has 0 radical (unpaired) electrons. The van der Waals surface area contributed by atoms with Gasteiger partial charge in [-0.3, -0.25) is 14.5 Å².